The molecule has 2 aliphatic rings. The highest BCUT2D eigenvalue weighted by Gasteiger charge is 2.35. The molecule has 0 bridgehead atoms. The summed E-state index contributed by atoms with van der Waals surface area (Å²) in [5, 5.41) is 1.10. The highest BCUT2D eigenvalue weighted by atomic mass is 16.5. The van der Waals surface area contributed by atoms with E-state index in [9.17, 15) is 4.79 Å². The van der Waals surface area contributed by atoms with Crippen LogP contribution >= 0.6 is 0 Å². The molecule has 1 saturated heterocycles. The van der Waals surface area contributed by atoms with Crippen LogP contribution in [0.3, 0.4) is 0 Å². The lowest BCUT2D eigenvalue weighted by molar-refractivity contribution is 0.0708. The number of aromatic nitrogens is 1. The van der Waals surface area contributed by atoms with Gasteiger partial charge in [0, 0.05) is 36.7 Å². The SMILES string of the molecule is O=C(c1cccc2cc[nH]c12)N(CC1CCOC1)C1CC1. The van der Waals surface area contributed by atoms with Crippen LogP contribution in [0.1, 0.15) is 29.6 Å². The number of carbonyl (C=O) groups excluding carboxylic acids is 1. The molecule has 1 aromatic heterocycles. The molecule has 4 nitrogen and oxygen atoms in total. The van der Waals surface area contributed by atoms with Crippen LogP contribution in [0.4, 0.5) is 0 Å². The predicted molar refractivity (Wildman–Crippen MR) is 81.3 cm³/mol. The molecule has 0 radical (unpaired) electrons. The van der Waals surface area contributed by atoms with Crippen molar-refractivity contribution in [1.29, 1.82) is 0 Å². The van der Waals surface area contributed by atoms with Gasteiger partial charge < -0.3 is 14.6 Å². The van der Waals surface area contributed by atoms with Gasteiger partial charge in [-0.25, -0.2) is 0 Å². The van der Waals surface area contributed by atoms with Crippen molar-refractivity contribution in [3.05, 3.63) is 36.0 Å². The van der Waals surface area contributed by atoms with Gasteiger partial charge in [0.05, 0.1) is 17.7 Å². The van der Waals surface area contributed by atoms with E-state index in [0.29, 0.717) is 12.0 Å². The topological polar surface area (TPSA) is 45.3 Å². The van der Waals surface area contributed by atoms with E-state index in [1.807, 2.05) is 30.5 Å². The Morgan fingerprint density at radius 1 is 1.29 bits per heavy atom. The van der Waals surface area contributed by atoms with Crippen LogP contribution in [0.2, 0.25) is 0 Å². The van der Waals surface area contributed by atoms with Crippen LogP contribution in [0.15, 0.2) is 30.5 Å². The Morgan fingerprint density at radius 2 is 2.19 bits per heavy atom. The van der Waals surface area contributed by atoms with Crippen molar-refractivity contribution in [3.8, 4) is 0 Å². The first-order valence-corrected chi connectivity index (χ1v) is 7.78. The smallest absolute Gasteiger partial charge is 0.256 e. The van der Waals surface area contributed by atoms with E-state index >= 15 is 0 Å². The maximum absolute atomic E-state index is 13.0. The number of ether oxygens (including phenoxy) is 1. The largest absolute Gasteiger partial charge is 0.381 e. The van der Waals surface area contributed by atoms with Gasteiger partial charge in [-0.1, -0.05) is 12.1 Å². The fourth-order valence-corrected chi connectivity index (χ4v) is 3.21. The minimum absolute atomic E-state index is 0.164. The third-order valence-corrected chi connectivity index (χ3v) is 4.55. The summed E-state index contributed by atoms with van der Waals surface area (Å²) < 4.78 is 5.46. The molecule has 1 aliphatic carbocycles. The summed E-state index contributed by atoms with van der Waals surface area (Å²) in [4.78, 5) is 18.3. The van der Waals surface area contributed by atoms with Gasteiger partial charge in [0.25, 0.3) is 5.91 Å². The summed E-state index contributed by atoms with van der Waals surface area (Å²) in [6.07, 6.45) is 5.25. The quantitative estimate of drug-likeness (QED) is 0.938. The average Bonchev–Trinajstić information content (AvgIpc) is 3.02. The van der Waals surface area contributed by atoms with E-state index in [-0.39, 0.29) is 5.91 Å². The lowest BCUT2D eigenvalue weighted by atomic mass is 10.1. The molecular weight excluding hydrogens is 264 g/mol. The molecule has 4 heteroatoms. The second-order valence-electron chi connectivity index (χ2n) is 6.17. The third-order valence-electron chi connectivity index (χ3n) is 4.55. The van der Waals surface area contributed by atoms with E-state index in [1.54, 1.807) is 0 Å². The van der Waals surface area contributed by atoms with Crippen molar-refractivity contribution >= 4 is 16.8 Å². The number of hydrogen-bond donors (Lipinski definition) is 1. The standard InChI is InChI=1S/C17H20N2O2/c20-17(15-3-1-2-13-6-8-18-16(13)15)19(14-4-5-14)10-12-7-9-21-11-12/h1-3,6,8,12,14,18H,4-5,7,9-11H2. The molecule has 21 heavy (non-hydrogen) atoms. The van der Waals surface area contributed by atoms with Crippen LogP contribution in [-0.4, -0.2) is 41.6 Å². The number of amides is 1. The van der Waals surface area contributed by atoms with E-state index in [4.69, 9.17) is 4.74 Å². The molecule has 2 heterocycles. The summed E-state index contributed by atoms with van der Waals surface area (Å²) in [5.41, 5.74) is 1.75. The van der Waals surface area contributed by atoms with Crippen molar-refractivity contribution < 1.29 is 9.53 Å². The molecule has 1 N–H and O–H groups in total. The third kappa shape index (κ3) is 2.44. The summed E-state index contributed by atoms with van der Waals surface area (Å²) in [6, 6.07) is 8.38. The molecule has 1 amide bonds. The zero-order valence-electron chi connectivity index (χ0n) is 12.0. The fraction of sp³-hybridized carbons (Fsp3) is 0.471. The number of para-hydroxylation sites is 1. The minimum Gasteiger partial charge on any atom is -0.381 e. The number of benzene rings is 1. The van der Waals surface area contributed by atoms with Crippen molar-refractivity contribution in [2.75, 3.05) is 19.8 Å². The summed E-state index contributed by atoms with van der Waals surface area (Å²) in [6.45, 7) is 2.47. The van der Waals surface area contributed by atoms with Crippen LogP contribution in [0.5, 0.6) is 0 Å². The molecular formula is C17H20N2O2. The van der Waals surface area contributed by atoms with Crippen LogP contribution < -0.4 is 0 Å². The summed E-state index contributed by atoms with van der Waals surface area (Å²) in [7, 11) is 0. The highest BCUT2D eigenvalue weighted by Crippen LogP contribution is 2.31. The number of nitrogens with zero attached hydrogens (tertiary/aromatic N) is 1. The minimum atomic E-state index is 0.164. The van der Waals surface area contributed by atoms with Gasteiger partial charge in [0.15, 0.2) is 0 Å². The van der Waals surface area contributed by atoms with Gasteiger partial charge in [0.2, 0.25) is 0 Å². The maximum atomic E-state index is 13.0. The highest BCUT2D eigenvalue weighted by molar-refractivity contribution is 6.05. The van der Waals surface area contributed by atoms with Crippen LogP contribution in [0.25, 0.3) is 10.9 Å². The lowest BCUT2D eigenvalue weighted by Gasteiger charge is -2.25. The molecule has 1 unspecified atom stereocenters. The summed E-state index contributed by atoms with van der Waals surface area (Å²) >= 11 is 0. The van der Waals surface area contributed by atoms with Crippen molar-refractivity contribution in [2.24, 2.45) is 5.92 Å². The van der Waals surface area contributed by atoms with E-state index in [1.165, 1.54) is 0 Å². The number of hydrogen-bond acceptors (Lipinski definition) is 2. The second kappa shape index (κ2) is 5.19. The second-order valence-corrected chi connectivity index (χ2v) is 6.17. The van der Waals surface area contributed by atoms with Crippen LogP contribution in [-0.2, 0) is 4.74 Å². The summed E-state index contributed by atoms with van der Waals surface area (Å²) in [5.74, 6) is 0.662. The first kappa shape index (κ1) is 12.9. The van der Waals surface area contributed by atoms with Crippen molar-refractivity contribution in [1.82, 2.24) is 9.88 Å². The molecule has 110 valence electrons. The Labute approximate surface area is 124 Å². The predicted octanol–water partition coefficient (Wildman–Crippen LogP) is 2.81. The van der Waals surface area contributed by atoms with Crippen molar-refractivity contribution in [3.63, 3.8) is 0 Å². The van der Waals surface area contributed by atoms with Gasteiger partial charge in [-0.3, -0.25) is 4.79 Å². The molecule has 2 fully saturated rings. The van der Waals surface area contributed by atoms with E-state index < -0.39 is 0 Å². The van der Waals surface area contributed by atoms with Gasteiger partial charge in [-0.2, -0.15) is 0 Å². The Morgan fingerprint density at radius 3 is 2.95 bits per heavy atom. The van der Waals surface area contributed by atoms with Crippen LogP contribution in [0, 0.1) is 5.92 Å². The number of aromatic amines is 1. The van der Waals surface area contributed by atoms with E-state index in [2.05, 4.69) is 9.88 Å². The number of carbonyl (C=O) groups is 1. The Hall–Kier alpha value is -1.81. The van der Waals surface area contributed by atoms with E-state index in [0.717, 1.165) is 55.5 Å². The zero-order chi connectivity index (χ0) is 14.2. The molecule has 1 atom stereocenters. The molecule has 1 aliphatic heterocycles. The first-order chi connectivity index (χ1) is 10.3. The van der Waals surface area contributed by atoms with Gasteiger partial charge >= 0.3 is 0 Å². The number of H-pyrrole nitrogens is 1. The average molecular weight is 284 g/mol. The fourth-order valence-electron chi connectivity index (χ4n) is 3.21. The Kier molecular flexibility index (Phi) is 3.19. The van der Waals surface area contributed by atoms with Gasteiger partial charge in [-0.15, -0.1) is 0 Å². The normalized spacial score (nSPS) is 21.8. The molecule has 0 spiro atoms. The maximum Gasteiger partial charge on any atom is 0.256 e. The number of rotatable bonds is 4. The number of nitrogens with one attached hydrogen (secondary N) is 1. The van der Waals surface area contributed by atoms with Gasteiger partial charge in [0.1, 0.15) is 0 Å². The zero-order valence-corrected chi connectivity index (χ0v) is 12.0. The molecule has 2 aromatic rings. The first-order valence-electron chi connectivity index (χ1n) is 7.78. The molecule has 1 aromatic carbocycles. The lowest BCUT2D eigenvalue weighted by Crippen LogP contribution is -2.37. The van der Waals surface area contributed by atoms with Gasteiger partial charge in [-0.05, 0) is 31.4 Å². The molecule has 4 rings (SSSR count). The Bertz CT molecular complexity index is 654. The molecule has 1 saturated carbocycles. The Balaban J connectivity index is 1.62. The number of fused-ring (bicyclic) bond motifs is 1. The monoisotopic (exact) mass is 284 g/mol. The van der Waals surface area contributed by atoms with Crippen molar-refractivity contribution in [2.45, 2.75) is 25.3 Å².